The Bertz CT molecular complexity index is 633. The van der Waals surface area contributed by atoms with E-state index < -0.39 is 0 Å². The molecule has 0 bridgehead atoms. The second kappa shape index (κ2) is 6.10. The summed E-state index contributed by atoms with van der Waals surface area (Å²) in [6.45, 7) is 6.65. The van der Waals surface area contributed by atoms with Gasteiger partial charge in [-0.1, -0.05) is 18.2 Å². The fourth-order valence-corrected chi connectivity index (χ4v) is 2.43. The van der Waals surface area contributed by atoms with Crippen molar-refractivity contribution in [3.8, 4) is 5.69 Å². The number of para-hydroxylation sites is 1. The molecule has 2 rings (SSSR count). The van der Waals surface area contributed by atoms with Crippen LogP contribution in [0.3, 0.4) is 0 Å². The van der Waals surface area contributed by atoms with Gasteiger partial charge in [-0.25, -0.2) is 4.68 Å². The van der Waals surface area contributed by atoms with E-state index in [0.717, 1.165) is 28.5 Å². The van der Waals surface area contributed by atoms with E-state index in [9.17, 15) is 4.79 Å². The monoisotopic (exact) mass is 287 g/mol. The normalized spacial score (nSPS) is 13.9. The van der Waals surface area contributed by atoms with Crippen molar-refractivity contribution in [2.45, 2.75) is 33.4 Å². The van der Waals surface area contributed by atoms with Crippen molar-refractivity contribution >= 4 is 5.91 Å². The lowest BCUT2D eigenvalue weighted by Crippen LogP contribution is -3.12. The molecule has 2 atom stereocenters. The lowest BCUT2D eigenvalue weighted by Gasteiger charge is -2.19. The van der Waals surface area contributed by atoms with Crippen LogP contribution in [0.5, 0.6) is 0 Å². The minimum Gasteiger partial charge on any atom is -0.365 e. The van der Waals surface area contributed by atoms with E-state index in [1.807, 2.05) is 55.9 Å². The highest BCUT2D eigenvalue weighted by Gasteiger charge is 2.22. The molecule has 112 valence electrons. The number of aryl methyl sites for hydroxylation is 1. The van der Waals surface area contributed by atoms with Crippen LogP contribution in [0.2, 0.25) is 0 Å². The van der Waals surface area contributed by atoms with Gasteiger partial charge in [-0.05, 0) is 32.9 Å². The van der Waals surface area contributed by atoms with Gasteiger partial charge >= 0.3 is 0 Å². The minimum absolute atomic E-state index is 0.219. The summed E-state index contributed by atoms with van der Waals surface area (Å²) in [6, 6.07) is 9.83. The number of primary amides is 1. The second-order valence-corrected chi connectivity index (χ2v) is 5.54. The number of quaternary nitrogens is 1. The maximum atomic E-state index is 11.3. The molecule has 0 aliphatic carbocycles. The molecule has 0 saturated carbocycles. The number of hydrogen-bond donors (Lipinski definition) is 2. The Morgan fingerprint density at radius 1 is 1.33 bits per heavy atom. The number of nitrogens with two attached hydrogens (primary N) is 1. The molecule has 1 heterocycles. The van der Waals surface area contributed by atoms with Crippen molar-refractivity contribution in [2.75, 3.05) is 7.05 Å². The van der Waals surface area contributed by atoms with Crippen molar-refractivity contribution < 1.29 is 9.69 Å². The van der Waals surface area contributed by atoms with Gasteiger partial charge in [0.25, 0.3) is 5.91 Å². The number of nitrogens with zero attached hydrogens (tertiary/aromatic N) is 2. The molecule has 1 aromatic heterocycles. The van der Waals surface area contributed by atoms with Crippen LogP contribution in [0.25, 0.3) is 5.69 Å². The van der Waals surface area contributed by atoms with Gasteiger partial charge in [0.2, 0.25) is 0 Å². The Kier molecular flexibility index (Phi) is 4.43. The van der Waals surface area contributed by atoms with E-state index in [1.165, 1.54) is 5.56 Å². The molecule has 0 saturated heterocycles. The second-order valence-electron chi connectivity index (χ2n) is 5.54. The maximum absolute atomic E-state index is 11.3. The van der Waals surface area contributed by atoms with Crippen LogP contribution in [0.1, 0.15) is 23.9 Å². The molecule has 5 nitrogen and oxygen atoms in total. The molecular weight excluding hydrogens is 264 g/mol. The number of aromatic nitrogens is 2. The van der Waals surface area contributed by atoms with Gasteiger partial charge in [-0.2, -0.15) is 5.10 Å². The zero-order valence-electron chi connectivity index (χ0n) is 13.1. The molecule has 0 radical (unpaired) electrons. The predicted molar refractivity (Wildman–Crippen MR) is 82.3 cm³/mol. The van der Waals surface area contributed by atoms with Crippen molar-refractivity contribution in [2.24, 2.45) is 5.73 Å². The van der Waals surface area contributed by atoms with Crippen LogP contribution < -0.4 is 10.6 Å². The van der Waals surface area contributed by atoms with Gasteiger partial charge in [0.15, 0.2) is 6.04 Å². The van der Waals surface area contributed by atoms with Gasteiger partial charge in [0.05, 0.1) is 29.7 Å². The summed E-state index contributed by atoms with van der Waals surface area (Å²) in [4.78, 5) is 12.4. The topological polar surface area (TPSA) is 65.3 Å². The number of hydrogen-bond acceptors (Lipinski definition) is 2. The average molecular weight is 287 g/mol. The number of rotatable bonds is 5. The number of nitrogens with one attached hydrogen (secondary N) is 1. The van der Waals surface area contributed by atoms with Gasteiger partial charge in [-0.3, -0.25) is 4.79 Å². The zero-order chi connectivity index (χ0) is 15.6. The number of benzene rings is 1. The fraction of sp³-hybridized carbons (Fsp3) is 0.375. The van der Waals surface area contributed by atoms with Gasteiger partial charge in [0.1, 0.15) is 6.54 Å². The van der Waals surface area contributed by atoms with Gasteiger partial charge < -0.3 is 10.6 Å². The molecule has 5 heteroatoms. The van der Waals surface area contributed by atoms with Crippen LogP contribution in [0.15, 0.2) is 30.3 Å². The first-order valence-corrected chi connectivity index (χ1v) is 7.14. The van der Waals surface area contributed by atoms with Crippen molar-refractivity contribution in [3.05, 3.63) is 47.3 Å². The van der Waals surface area contributed by atoms with E-state index in [2.05, 4.69) is 12.0 Å². The molecule has 0 spiro atoms. The Balaban J connectivity index is 2.30. The quantitative estimate of drug-likeness (QED) is 0.835. The van der Waals surface area contributed by atoms with Crippen LogP contribution in [-0.2, 0) is 11.3 Å². The van der Waals surface area contributed by atoms with Gasteiger partial charge in [-0.15, -0.1) is 0 Å². The highest BCUT2D eigenvalue weighted by Crippen LogP contribution is 2.16. The summed E-state index contributed by atoms with van der Waals surface area (Å²) >= 11 is 0. The van der Waals surface area contributed by atoms with Crippen LogP contribution in [0.4, 0.5) is 0 Å². The molecular formula is C16H23N4O+. The smallest absolute Gasteiger partial charge is 0.275 e. The SMILES string of the molecule is Cc1nn(-c2ccccc2)c(C)c1C[NH+](C)[C@@H](C)C(N)=O. The first kappa shape index (κ1) is 15.3. The molecule has 1 amide bonds. The molecule has 1 aromatic carbocycles. The van der Waals surface area contributed by atoms with E-state index in [0.29, 0.717) is 0 Å². The minimum atomic E-state index is -0.279. The van der Waals surface area contributed by atoms with Crippen molar-refractivity contribution in [3.63, 3.8) is 0 Å². The van der Waals surface area contributed by atoms with E-state index in [-0.39, 0.29) is 11.9 Å². The number of carbonyl (C=O) groups excluding carboxylic acids is 1. The van der Waals surface area contributed by atoms with E-state index in [1.54, 1.807) is 0 Å². The van der Waals surface area contributed by atoms with Gasteiger partial charge in [0, 0.05) is 0 Å². The predicted octanol–water partition coefficient (Wildman–Crippen LogP) is 0.378. The summed E-state index contributed by atoms with van der Waals surface area (Å²) in [7, 11) is 1.98. The summed E-state index contributed by atoms with van der Waals surface area (Å²) in [5.41, 5.74) is 9.70. The third kappa shape index (κ3) is 3.13. The van der Waals surface area contributed by atoms with Crippen LogP contribution in [0, 0.1) is 13.8 Å². The van der Waals surface area contributed by atoms with Crippen molar-refractivity contribution in [1.29, 1.82) is 0 Å². The molecule has 1 unspecified atom stereocenters. The molecule has 0 aliphatic heterocycles. The largest absolute Gasteiger partial charge is 0.365 e. The maximum Gasteiger partial charge on any atom is 0.275 e. The van der Waals surface area contributed by atoms with E-state index in [4.69, 9.17) is 5.73 Å². The first-order chi connectivity index (χ1) is 9.91. The lowest BCUT2D eigenvalue weighted by atomic mass is 10.1. The number of amides is 1. The van der Waals surface area contributed by atoms with Crippen LogP contribution in [-0.4, -0.2) is 28.8 Å². The van der Waals surface area contributed by atoms with Crippen LogP contribution >= 0.6 is 0 Å². The number of likely N-dealkylation sites (N-methyl/N-ethyl adjacent to an activating group) is 1. The third-order valence-electron chi connectivity index (χ3n) is 4.06. The lowest BCUT2D eigenvalue weighted by molar-refractivity contribution is -0.908. The highest BCUT2D eigenvalue weighted by atomic mass is 16.1. The Hall–Kier alpha value is -2.14. The van der Waals surface area contributed by atoms with E-state index >= 15 is 0 Å². The summed E-state index contributed by atoms with van der Waals surface area (Å²) < 4.78 is 1.95. The average Bonchev–Trinajstić information content (AvgIpc) is 2.75. The standard InChI is InChI=1S/C16H22N4O/c1-11-15(10-19(4)13(3)16(17)21)12(2)20(18-11)14-8-6-5-7-9-14/h5-9,13H,10H2,1-4H3,(H2,17,21)/p+1/t13-/m0/s1. The summed E-state index contributed by atoms with van der Waals surface area (Å²) in [5, 5.41) is 4.62. The summed E-state index contributed by atoms with van der Waals surface area (Å²) in [5.74, 6) is -0.279. The highest BCUT2D eigenvalue weighted by molar-refractivity contribution is 5.77. The molecule has 2 aromatic rings. The molecule has 0 aliphatic rings. The number of carbonyl (C=O) groups is 1. The summed E-state index contributed by atoms with van der Waals surface area (Å²) in [6.07, 6.45) is 0. The first-order valence-electron chi connectivity index (χ1n) is 7.14. The molecule has 21 heavy (non-hydrogen) atoms. The zero-order valence-corrected chi connectivity index (χ0v) is 13.1. The van der Waals surface area contributed by atoms with Crippen molar-refractivity contribution in [1.82, 2.24) is 9.78 Å². The molecule has 3 N–H and O–H groups in total. The molecule has 0 fully saturated rings. The Labute approximate surface area is 125 Å². The Morgan fingerprint density at radius 3 is 2.52 bits per heavy atom. The third-order valence-corrected chi connectivity index (χ3v) is 4.06. The fourth-order valence-electron chi connectivity index (χ4n) is 2.43. The Morgan fingerprint density at radius 2 is 1.95 bits per heavy atom.